The Morgan fingerprint density at radius 1 is 1.12 bits per heavy atom. The van der Waals surface area contributed by atoms with Crippen LogP contribution in [-0.2, 0) is 0 Å². The summed E-state index contributed by atoms with van der Waals surface area (Å²) in [6.45, 7) is 5.40. The second-order valence-electron chi connectivity index (χ2n) is 6.21. The number of carbonyl (C=O) groups is 1. The van der Waals surface area contributed by atoms with Crippen LogP contribution in [0, 0.1) is 6.92 Å². The van der Waals surface area contributed by atoms with Crippen molar-refractivity contribution < 1.29 is 9.90 Å². The Morgan fingerprint density at radius 3 is 2.46 bits per heavy atom. The number of aromatic nitrogens is 1. The molecule has 1 saturated heterocycles. The van der Waals surface area contributed by atoms with Crippen molar-refractivity contribution >= 4 is 5.91 Å². The molecule has 2 aromatic rings. The molecule has 1 aromatic carbocycles. The minimum atomic E-state index is -0.491. The zero-order valence-electron chi connectivity index (χ0n) is 13.9. The monoisotopic (exact) mass is 325 g/mol. The average Bonchev–Trinajstić information content (AvgIpc) is 2.63. The average molecular weight is 325 g/mol. The Kier molecular flexibility index (Phi) is 5.23. The SMILES string of the molecule is Cc1ccc(C(=O)N2CCN(C[C@H](O)c3ccccc3)CC2)cn1. The van der Waals surface area contributed by atoms with Gasteiger partial charge in [0.15, 0.2) is 0 Å². The molecule has 0 spiro atoms. The lowest BCUT2D eigenvalue weighted by Crippen LogP contribution is -2.49. The molecule has 0 saturated carbocycles. The first kappa shape index (κ1) is 16.6. The topological polar surface area (TPSA) is 56.7 Å². The molecule has 0 bridgehead atoms. The lowest BCUT2D eigenvalue weighted by molar-refractivity contribution is 0.0527. The molecule has 1 aromatic heterocycles. The van der Waals surface area contributed by atoms with E-state index in [1.54, 1.807) is 6.20 Å². The zero-order valence-corrected chi connectivity index (χ0v) is 13.9. The van der Waals surface area contributed by atoms with Crippen LogP contribution in [0.1, 0.15) is 27.7 Å². The van der Waals surface area contributed by atoms with E-state index < -0.39 is 6.10 Å². The van der Waals surface area contributed by atoms with Gasteiger partial charge in [-0.3, -0.25) is 14.7 Å². The molecule has 24 heavy (non-hydrogen) atoms. The molecule has 3 rings (SSSR count). The summed E-state index contributed by atoms with van der Waals surface area (Å²) >= 11 is 0. The van der Waals surface area contributed by atoms with Crippen molar-refractivity contribution in [3.05, 3.63) is 65.5 Å². The summed E-state index contributed by atoms with van der Waals surface area (Å²) in [7, 11) is 0. The fourth-order valence-electron chi connectivity index (χ4n) is 2.94. The van der Waals surface area contributed by atoms with Gasteiger partial charge in [0, 0.05) is 44.6 Å². The van der Waals surface area contributed by atoms with Crippen molar-refractivity contribution in [3.8, 4) is 0 Å². The summed E-state index contributed by atoms with van der Waals surface area (Å²) in [5.41, 5.74) is 2.48. The van der Waals surface area contributed by atoms with E-state index in [1.807, 2.05) is 54.3 Å². The van der Waals surface area contributed by atoms with Crippen LogP contribution >= 0.6 is 0 Å². The number of nitrogens with zero attached hydrogens (tertiary/aromatic N) is 3. The lowest BCUT2D eigenvalue weighted by atomic mass is 10.1. The van der Waals surface area contributed by atoms with Crippen LogP contribution in [0.15, 0.2) is 48.7 Å². The van der Waals surface area contributed by atoms with Crippen LogP contribution in [0.4, 0.5) is 0 Å². The van der Waals surface area contributed by atoms with E-state index in [0.717, 1.165) is 24.3 Å². The van der Waals surface area contributed by atoms with Gasteiger partial charge in [-0.15, -0.1) is 0 Å². The second kappa shape index (κ2) is 7.55. The molecule has 0 radical (unpaired) electrons. The van der Waals surface area contributed by atoms with Crippen LogP contribution in [0.25, 0.3) is 0 Å². The van der Waals surface area contributed by atoms with Gasteiger partial charge in [-0.1, -0.05) is 30.3 Å². The Morgan fingerprint density at radius 2 is 1.83 bits per heavy atom. The van der Waals surface area contributed by atoms with E-state index in [1.165, 1.54) is 0 Å². The third-order valence-electron chi connectivity index (χ3n) is 4.43. The largest absolute Gasteiger partial charge is 0.387 e. The molecule has 1 aliphatic heterocycles. The number of amides is 1. The van der Waals surface area contributed by atoms with E-state index in [4.69, 9.17) is 0 Å². The molecule has 2 heterocycles. The zero-order chi connectivity index (χ0) is 16.9. The van der Waals surface area contributed by atoms with E-state index in [-0.39, 0.29) is 5.91 Å². The fourth-order valence-corrected chi connectivity index (χ4v) is 2.94. The molecule has 5 heteroatoms. The highest BCUT2D eigenvalue weighted by Gasteiger charge is 2.23. The molecule has 0 aliphatic carbocycles. The van der Waals surface area contributed by atoms with Crippen LogP contribution in [0.2, 0.25) is 0 Å². The number of hydrogen-bond acceptors (Lipinski definition) is 4. The van der Waals surface area contributed by atoms with Gasteiger partial charge in [0.05, 0.1) is 11.7 Å². The number of carbonyl (C=O) groups excluding carboxylic acids is 1. The Labute approximate surface area is 142 Å². The van der Waals surface area contributed by atoms with Gasteiger partial charge in [0.25, 0.3) is 5.91 Å². The van der Waals surface area contributed by atoms with E-state index in [9.17, 15) is 9.90 Å². The molecule has 1 N–H and O–H groups in total. The normalized spacial score (nSPS) is 16.8. The lowest BCUT2D eigenvalue weighted by Gasteiger charge is -2.35. The minimum Gasteiger partial charge on any atom is -0.387 e. The number of aliphatic hydroxyl groups is 1. The Bertz CT molecular complexity index is 665. The van der Waals surface area contributed by atoms with Crippen molar-refractivity contribution in [3.63, 3.8) is 0 Å². The van der Waals surface area contributed by atoms with E-state index in [2.05, 4.69) is 9.88 Å². The first-order chi connectivity index (χ1) is 11.6. The molecule has 5 nitrogen and oxygen atoms in total. The van der Waals surface area contributed by atoms with Gasteiger partial charge < -0.3 is 10.0 Å². The van der Waals surface area contributed by atoms with Gasteiger partial charge in [0.2, 0.25) is 0 Å². The van der Waals surface area contributed by atoms with Gasteiger partial charge in [0.1, 0.15) is 0 Å². The highest BCUT2D eigenvalue weighted by Crippen LogP contribution is 2.15. The molecular formula is C19H23N3O2. The number of aryl methyl sites for hydroxylation is 1. The van der Waals surface area contributed by atoms with Crippen LogP contribution < -0.4 is 0 Å². The predicted octanol–water partition coefficient (Wildman–Crippen LogP) is 1.88. The highest BCUT2D eigenvalue weighted by atomic mass is 16.3. The highest BCUT2D eigenvalue weighted by molar-refractivity contribution is 5.94. The molecule has 1 aliphatic rings. The van der Waals surface area contributed by atoms with Crippen molar-refractivity contribution in [1.82, 2.24) is 14.8 Å². The van der Waals surface area contributed by atoms with Crippen molar-refractivity contribution in [2.75, 3.05) is 32.7 Å². The molecule has 1 atom stereocenters. The van der Waals surface area contributed by atoms with Gasteiger partial charge in [-0.2, -0.15) is 0 Å². The first-order valence-electron chi connectivity index (χ1n) is 8.31. The van der Waals surface area contributed by atoms with Gasteiger partial charge in [-0.25, -0.2) is 0 Å². The number of aliphatic hydroxyl groups excluding tert-OH is 1. The first-order valence-corrected chi connectivity index (χ1v) is 8.31. The van der Waals surface area contributed by atoms with Gasteiger partial charge in [-0.05, 0) is 24.6 Å². The Balaban J connectivity index is 1.52. The number of benzene rings is 1. The van der Waals surface area contributed by atoms with Crippen LogP contribution in [0.5, 0.6) is 0 Å². The maximum absolute atomic E-state index is 12.5. The van der Waals surface area contributed by atoms with Crippen LogP contribution in [-0.4, -0.2) is 58.5 Å². The fraction of sp³-hybridized carbons (Fsp3) is 0.368. The summed E-state index contributed by atoms with van der Waals surface area (Å²) in [5, 5.41) is 10.3. The van der Waals surface area contributed by atoms with Gasteiger partial charge >= 0.3 is 0 Å². The minimum absolute atomic E-state index is 0.0331. The summed E-state index contributed by atoms with van der Waals surface area (Å²) in [5.74, 6) is 0.0331. The third-order valence-corrected chi connectivity index (χ3v) is 4.43. The number of β-amino-alcohol motifs (C(OH)–C–C–N with tert-alkyl or cyclic N) is 1. The molecule has 0 unspecified atom stereocenters. The van der Waals surface area contributed by atoms with Crippen molar-refractivity contribution in [2.24, 2.45) is 0 Å². The second-order valence-corrected chi connectivity index (χ2v) is 6.21. The molecule has 1 amide bonds. The van der Waals surface area contributed by atoms with Crippen molar-refractivity contribution in [1.29, 1.82) is 0 Å². The number of pyridine rings is 1. The molecule has 1 fully saturated rings. The number of piperazine rings is 1. The number of hydrogen-bond donors (Lipinski definition) is 1. The molecular weight excluding hydrogens is 302 g/mol. The smallest absolute Gasteiger partial charge is 0.255 e. The predicted molar refractivity (Wildman–Crippen MR) is 92.7 cm³/mol. The maximum atomic E-state index is 12.5. The summed E-state index contributed by atoms with van der Waals surface area (Å²) in [4.78, 5) is 20.7. The third kappa shape index (κ3) is 3.99. The summed E-state index contributed by atoms with van der Waals surface area (Å²) in [6, 6.07) is 13.4. The quantitative estimate of drug-likeness (QED) is 0.932. The van der Waals surface area contributed by atoms with Crippen LogP contribution in [0.3, 0.4) is 0 Å². The van der Waals surface area contributed by atoms with Crippen molar-refractivity contribution in [2.45, 2.75) is 13.0 Å². The van der Waals surface area contributed by atoms with E-state index >= 15 is 0 Å². The molecule has 126 valence electrons. The summed E-state index contributed by atoms with van der Waals surface area (Å²) < 4.78 is 0. The number of rotatable bonds is 4. The standard InChI is InChI=1S/C19H23N3O2/c1-15-7-8-17(13-20-15)19(24)22-11-9-21(10-12-22)14-18(23)16-5-3-2-4-6-16/h2-8,13,18,23H,9-12,14H2,1H3/t18-/m0/s1. The maximum Gasteiger partial charge on any atom is 0.255 e. The van der Waals surface area contributed by atoms with E-state index in [0.29, 0.717) is 25.2 Å². The summed E-state index contributed by atoms with van der Waals surface area (Å²) in [6.07, 6.45) is 1.15. The Hall–Kier alpha value is -2.24.